The van der Waals surface area contributed by atoms with E-state index in [-0.39, 0.29) is 18.0 Å². The van der Waals surface area contributed by atoms with Crippen LogP contribution < -0.4 is 10.8 Å². The van der Waals surface area contributed by atoms with Crippen LogP contribution in [0.3, 0.4) is 0 Å². The van der Waals surface area contributed by atoms with Crippen molar-refractivity contribution in [1.82, 2.24) is 10.8 Å². The zero-order chi connectivity index (χ0) is 14.3. The predicted octanol–water partition coefficient (Wildman–Crippen LogP) is 1.26. The van der Waals surface area contributed by atoms with Crippen LogP contribution in [0.5, 0.6) is 0 Å². The molecule has 0 saturated heterocycles. The van der Waals surface area contributed by atoms with Crippen molar-refractivity contribution in [1.29, 1.82) is 0 Å². The molecule has 0 atom stereocenters. The van der Waals surface area contributed by atoms with Crippen LogP contribution in [0.25, 0.3) is 0 Å². The van der Waals surface area contributed by atoms with E-state index in [0.29, 0.717) is 6.61 Å². The van der Waals surface area contributed by atoms with E-state index in [1.54, 1.807) is 6.07 Å². The van der Waals surface area contributed by atoms with Crippen LogP contribution in [0.1, 0.15) is 24.2 Å². The summed E-state index contributed by atoms with van der Waals surface area (Å²) in [5.74, 6) is -1.48. The van der Waals surface area contributed by atoms with Crippen molar-refractivity contribution in [3.8, 4) is 0 Å². The molecule has 0 aliphatic heterocycles. The summed E-state index contributed by atoms with van der Waals surface area (Å²) in [4.78, 5) is 27.8. The summed E-state index contributed by atoms with van der Waals surface area (Å²) in [6.07, 6.45) is 0. The number of benzene rings is 1. The van der Waals surface area contributed by atoms with Gasteiger partial charge in [0.25, 0.3) is 11.8 Å². The Labute approximate surface area is 111 Å². The fourth-order valence-electron chi connectivity index (χ4n) is 1.23. The number of amides is 2. The molecular formula is C13H17FN2O3. The van der Waals surface area contributed by atoms with Gasteiger partial charge in [-0.15, -0.1) is 0 Å². The molecule has 1 rings (SSSR count). The van der Waals surface area contributed by atoms with E-state index in [4.69, 9.17) is 4.84 Å². The largest absolute Gasteiger partial charge is 0.343 e. The van der Waals surface area contributed by atoms with Gasteiger partial charge in [-0.2, -0.15) is 0 Å². The van der Waals surface area contributed by atoms with E-state index in [9.17, 15) is 14.0 Å². The first kappa shape index (κ1) is 15.1. The quantitative estimate of drug-likeness (QED) is 0.763. The highest BCUT2D eigenvalue weighted by atomic mass is 19.1. The number of hydrogen-bond acceptors (Lipinski definition) is 3. The van der Waals surface area contributed by atoms with Crippen LogP contribution in [0, 0.1) is 11.7 Å². The number of nitrogens with one attached hydrogen (secondary N) is 2. The number of hydrogen-bond donors (Lipinski definition) is 2. The van der Waals surface area contributed by atoms with E-state index in [0.717, 1.165) is 0 Å². The third-order valence-electron chi connectivity index (χ3n) is 2.13. The first-order valence-electron chi connectivity index (χ1n) is 5.94. The summed E-state index contributed by atoms with van der Waals surface area (Å²) >= 11 is 0. The lowest BCUT2D eigenvalue weighted by Gasteiger charge is -2.09. The molecule has 2 amide bonds. The summed E-state index contributed by atoms with van der Waals surface area (Å²) in [7, 11) is 0. The second-order valence-electron chi connectivity index (χ2n) is 4.39. The number of carbonyl (C=O) groups is 2. The van der Waals surface area contributed by atoms with E-state index in [1.807, 2.05) is 13.8 Å². The standard InChI is InChI=1S/C13H17FN2O3/c1-9(2)8-19-16-12(17)7-15-13(18)10-5-3-4-6-11(10)14/h3-6,9H,7-8H2,1-2H3,(H,15,18)(H,16,17). The number of hydroxylamine groups is 1. The lowest BCUT2D eigenvalue weighted by atomic mass is 10.2. The molecule has 0 bridgehead atoms. The number of halogens is 1. The van der Waals surface area contributed by atoms with Gasteiger partial charge in [0.15, 0.2) is 0 Å². The molecule has 5 nitrogen and oxygen atoms in total. The van der Waals surface area contributed by atoms with E-state index in [1.165, 1.54) is 18.2 Å². The fraction of sp³-hybridized carbons (Fsp3) is 0.385. The molecule has 1 aromatic carbocycles. The van der Waals surface area contributed by atoms with Gasteiger partial charge in [-0.1, -0.05) is 26.0 Å². The Morgan fingerprint density at radius 1 is 1.32 bits per heavy atom. The summed E-state index contributed by atoms with van der Waals surface area (Å²) in [6.45, 7) is 3.98. The Balaban J connectivity index is 2.34. The van der Waals surface area contributed by atoms with Crippen molar-refractivity contribution in [2.45, 2.75) is 13.8 Å². The molecule has 0 aromatic heterocycles. The van der Waals surface area contributed by atoms with Crippen LogP contribution in [0.2, 0.25) is 0 Å². The van der Waals surface area contributed by atoms with Gasteiger partial charge in [0.2, 0.25) is 0 Å². The van der Waals surface area contributed by atoms with Crippen LogP contribution in [-0.2, 0) is 9.63 Å². The van der Waals surface area contributed by atoms with Crippen LogP contribution in [0.4, 0.5) is 4.39 Å². The van der Waals surface area contributed by atoms with E-state index in [2.05, 4.69) is 10.8 Å². The minimum absolute atomic E-state index is 0.0987. The molecule has 0 unspecified atom stereocenters. The molecular weight excluding hydrogens is 251 g/mol. The molecule has 2 N–H and O–H groups in total. The summed E-state index contributed by atoms with van der Waals surface area (Å²) < 4.78 is 13.3. The maximum absolute atomic E-state index is 13.3. The van der Waals surface area contributed by atoms with Gasteiger partial charge in [0, 0.05) is 0 Å². The highest BCUT2D eigenvalue weighted by Gasteiger charge is 2.11. The van der Waals surface area contributed by atoms with E-state index >= 15 is 0 Å². The fourth-order valence-corrected chi connectivity index (χ4v) is 1.23. The monoisotopic (exact) mass is 268 g/mol. The molecule has 0 fully saturated rings. The maximum Gasteiger partial charge on any atom is 0.262 e. The predicted molar refractivity (Wildman–Crippen MR) is 67.7 cm³/mol. The van der Waals surface area contributed by atoms with Crippen molar-refractivity contribution in [3.63, 3.8) is 0 Å². The average molecular weight is 268 g/mol. The summed E-state index contributed by atoms with van der Waals surface area (Å²) in [6, 6.07) is 5.56. The molecule has 0 heterocycles. The first-order valence-corrected chi connectivity index (χ1v) is 5.94. The summed E-state index contributed by atoms with van der Waals surface area (Å²) in [5.41, 5.74) is 2.09. The van der Waals surface area contributed by atoms with Gasteiger partial charge >= 0.3 is 0 Å². The Morgan fingerprint density at radius 2 is 2.00 bits per heavy atom. The average Bonchev–Trinajstić information content (AvgIpc) is 2.36. The van der Waals surface area contributed by atoms with Crippen molar-refractivity contribution in [2.75, 3.05) is 13.2 Å². The Bertz CT molecular complexity index is 449. The molecule has 6 heteroatoms. The van der Waals surface area contributed by atoms with E-state index < -0.39 is 17.6 Å². The Hall–Kier alpha value is -1.95. The molecule has 19 heavy (non-hydrogen) atoms. The lowest BCUT2D eigenvalue weighted by Crippen LogP contribution is -2.37. The zero-order valence-electron chi connectivity index (χ0n) is 10.9. The molecule has 0 aliphatic carbocycles. The number of carbonyl (C=O) groups excluding carboxylic acids is 2. The van der Waals surface area contributed by atoms with Gasteiger partial charge < -0.3 is 5.32 Å². The summed E-state index contributed by atoms with van der Waals surface area (Å²) in [5, 5.41) is 2.31. The molecule has 104 valence electrons. The third-order valence-corrected chi connectivity index (χ3v) is 2.13. The van der Waals surface area contributed by atoms with Gasteiger partial charge in [0.1, 0.15) is 5.82 Å². The first-order chi connectivity index (χ1) is 9.00. The van der Waals surface area contributed by atoms with Crippen molar-refractivity contribution in [2.24, 2.45) is 5.92 Å². The zero-order valence-corrected chi connectivity index (χ0v) is 10.9. The second kappa shape index (κ2) is 7.48. The molecule has 0 spiro atoms. The van der Waals surface area contributed by atoms with Crippen molar-refractivity contribution < 1.29 is 18.8 Å². The topological polar surface area (TPSA) is 67.4 Å². The molecule has 1 aromatic rings. The number of rotatable bonds is 6. The highest BCUT2D eigenvalue weighted by Crippen LogP contribution is 2.05. The minimum atomic E-state index is -0.642. The second-order valence-corrected chi connectivity index (χ2v) is 4.39. The Morgan fingerprint density at radius 3 is 2.63 bits per heavy atom. The maximum atomic E-state index is 13.3. The lowest BCUT2D eigenvalue weighted by molar-refractivity contribution is -0.133. The molecule has 0 radical (unpaired) electrons. The van der Waals surface area contributed by atoms with Crippen LogP contribution in [-0.4, -0.2) is 25.0 Å². The van der Waals surface area contributed by atoms with Gasteiger partial charge in [-0.3, -0.25) is 14.4 Å². The molecule has 0 aliphatic rings. The van der Waals surface area contributed by atoms with Crippen LogP contribution >= 0.6 is 0 Å². The SMILES string of the molecule is CC(C)CONC(=O)CNC(=O)c1ccccc1F. The van der Waals surface area contributed by atoms with Crippen molar-refractivity contribution in [3.05, 3.63) is 35.6 Å². The highest BCUT2D eigenvalue weighted by molar-refractivity contribution is 5.96. The van der Waals surface area contributed by atoms with Crippen molar-refractivity contribution >= 4 is 11.8 Å². The smallest absolute Gasteiger partial charge is 0.262 e. The normalized spacial score (nSPS) is 10.3. The van der Waals surface area contributed by atoms with Gasteiger partial charge in [-0.25, -0.2) is 9.87 Å². The minimum Gasteiger partial charge on any atom is -0.343 e. The van der Waals surface area contributed by atoms with Crippen LogP contribution in [0.15, 0.2) is 24.3 Å². The third kappa shape index (κ3) is 5.48. The Kier molecular flexibility index (Phi) is 5.95. The molecule has 0 saturated carbocycles. The van der Waals surface area contributed by atoms with Gasteiger partial charge in [-0.05, 0) is 18.1 Å². The van der Waals surface area contributed by atoms with Gasteiger partial charge in [0.05, 0.1) is 18.7 Å².